The van der Waals surface area contributed by atoms with Crippen LogP contribution in [0.15, 0.2) is 36.4 Å². The molecule has 0 fully saturated rings. The minimum Gasteiger partial charge on any atom is -0.490 e. The fourth-order valence-electron chi connectivity index (χ4n) is 6.01. The molecule has 0 aliphatic rings. The van der Waals surface area contributed by atoms with Crippen molar-refractivity contribution >= 4 is 0 Å². The predicted molar refractivity (Wildman–Crippen MR) is 276 cm³/mol. The molecule has 0 atom stereocenters. The molecule has 3 aromatic carbocycles. The van der Waals surface area contributed by atoms with Crippen molar-refractivity contribution in [2.75, 3.05) is 201 Å². The van der Waals surface area contributed by atoms with E-state index in [1.54, 1.807) is 79.1 Å². The van der Waals surface area contributed by atoms with Gasteiger partial charge in [0.25, 0.3) is 0 Å². The number of ether oxygens (including phenoxy) is 18. The van der Waals surface area contributed by atoms with Crippen molar-refractivity contribution in [2.24, 2.45) is 0 Å². The van der Waals surface area contributed by atoms with E-state index in [2.05, 4.69) is 35.5 Å². The second-order valence-electron chi connectivity index (χ2n) is 15.0. The number of rotatable bonds is 42. The molecule has 0 aliphatic heterocycles. The van der Waals surface area contributed by atoms with Crippen LogP contribution < -0.4 is 28.4 Å². The van der Waals surface area contributed by atoms with Gasteiger partial charge >= 0.3 is 0 Å². The minimum absolute atomic E-state index is 0.172. The Bertz CT molecular complexity index is 2060. The summed E-state index contributed by atoms with van der Waals surface area (Å²) in [5, 5.41) is 0. The molecular weight excluding hydrogens is 961 g/mol. The summed E-state index contributed by atoms with van der Waals surface area (Å²) in [4.78, 5) is 0. The maximum Gasteiger partial charge on any atom is 0.136 e. The third-order valence-corrected chi connectivity index (χ3v) is 9.72. The molecule has 18 nitrogen and oxygen atoms in total. The van der Waals surface area contributed by atoms with Crippen molar-refractivity contribution in [1.82, 2.24) is 0 Å². The second-order valence-corrected chi connectivity index (χ2v) is 15.0. The zero-order valence-corrected chi connectivity index (χ0v) is 43.9. The molecule has 0 unspecified atom stereocenters. The summed E-state index contributed by atoms with van der Waals surface area (Å²) in [7, 11) is 9.65. The van der Waals surface area contributed by atoms with Crippen LogP contribution in [0, 0.1) is 48.4 Å². The van der Waals surface area contributed by atoms with Crippen LogP contribution in [0.1, 0.15) is 33.4 Å². The molecule has 74 heavy (non-hydrogen) atoms. The van der Waals surface area contributed by atoms with Crippen LogP contribution in [0.25, 0.3) is 0 Å². The van der Waals surface area contributed by atoms with Crippen LogP contribution in [-0.4, -0.2) is 201 Å². The van der Waals surface area contributed by atoms with Gasteiger partial charge in [-0.1, -0.05) is 35.5 Å². The minimum atomic E-state index is 0.172. The van der Waals surface area contributed by atoms with E-state index >= 15 is 0 Å². The van der Waals surface area contributed by atoms with Gasteiger partial charge in [-0.25, -0.2) is 0 Å². The summed E-state index contributed by atoms with van der Waals surface area (Å²) < 4.78 is 102. The molecule has 0 amide bonds. The number of hydrogen-bond acceptors (Lipinski definition) is 18. The van der Waals surface area contributed by atoms with Crippen LogP contribution >= 0.6 is 0 Å². The molecular formula is C56H74O18. The van der Waals surface area contributed by atoms with E-state index in [-0.39, 0.29) is 52.9 Å². The van der Waals surface area contributed by atoms with Gasteiger partial charge in [0.1, 0.15) is 74.1 Å². The zero-order valence-electron chi connectivity index (χ0n) is 43.9. The highest BCUT2D eigenvalue weighted by atomic mass is 16.6. The summed E-state index contributed by atoms with van der Waals surface area (Å²) in [5.74, 6) is 21.0. The first kappa shape index (κ1) is 62.5. The van der Waals surface area contributed by atoms with E-state index < -0.39 is 0 Å². The lowest BCUT2D eigenvalue weighted by atomic mass is 10.1. The molecule has 406 valence electrons. The van der Waals surface area contributed by atoms with Crippen LogP contribution in [0.2, 0.25) is 0 Å². The Morgan fingerprint density at radius 2 is 0.405 bits per heavy atom. The Hall–Kier alpha value is -5.78. The molecule has 18 heteroatoms. The zero-order chi connectivity index (χ0) is 53.1. The molecule has 3 aromatic rings. The maximum atomic E-state index is 6.39. The Morgan fingerprint density at radius 3 is 0.581 bits per heavy atom. The summed E-state index contributed by atoms with van der Waals surface area (Å²) in [5.41, 5.74) is 2.83. The molecule has 0 N–H and O–H groups in total. The van der Waals surface area contributed by atoms with E-state index in [0.29, 0.717) is 174 Å². The van der Waals surface area contributed by atoms with Gasteiger partial charge in [-0.2, -0.15) is 0 Å². The first-order valence-electron chi connectivity index (χ1n) is 24.1. The van der Waals surface area contributed by atoms with E-state index in [0.717, 1.165) is 0 Å². The summed E-state index contributed by atoms with van der Waals surface area (Å²) in [6.07, 6.45) is 11.9. The molecule has 0 saturated heterocycles. The Balaban J connectivity index is 2.21. The molecule has 0 saturated carbocycles. The van der Waals surface area contributed by atoms with Gasteiger partial charge in [0.2, 0.25) is 0 Å². The Labute approximate surface area is 437 Å². The number of hydrogen-bond donors (Lipinski definition) is 0. The third kappa shape index (κ3) is 25.9. The normalized spacial score (nSPS) is 10.6. The molecule has 0 aliphatic carbocycles. The molecule has 0 radical (unpaired) electrons. The maximum absolute atomic E-state index is 6.39. The lowest BCUT2D eigenvalue weighted by Gasteiger charge is -2.15. The summed E-state index contributed by atoms with van der Waals surface area (Å²) in [6, 6.07) is 10.4. The van der Waals surface area contributed by atoms with Crippen molar-refractivity contribution in [1.29, 1.82) is 0 Å². The van der Waals surface area contributed by atoms with Gasteiger partial charge in [0.15, 0.2) is 0 Å². The number of terminal acetylenes is 2. The molecule has 0 aromatic heterocycles. The van der Waals surface area contributed by atoms with Gasteiger partial charge in [0.05, 0.1) is 152 Å². The van der Waals surface area contributed by atoms with E-state index in [1.807, 2.05) is 0 Å². The summed E-state index contributed by atoms with van der Waals surface area (Å²) >= 11 is 0. The molecule has 0 spiro atoms. The first-order valence-corrected chi connectivity index (χ1v) is 24.1. The van der Waals surface area contributed by atoms with Gasteiger partial charge in [-0.05, 0) is 0 Å². The van der Waals surface area contributed by atoms with Crippen molar-refractivity contribution in [3.63, 3.8) is 0 Å². The number of methoxy groups -OCH3 is 6. The highest BCUT2D eigenvalue weighted by molar-refractivity contribution is 5.65. The first-order chi connectivity index (χ1) is 36.5. The van der Waals surface area contributed by atoms with Gasteiger partial charge in [0, 0.05) is 79.1 Å². The SMILES string of the molecule is C#Cc1cc(OCCOCCOC)c(C#Cc2cc(OCCOCCOC)c(C#Cc3cc(OCCOCCOC)c(C#C)cc3OCCOCCOC)cc2OCCOCCOC)cc1OCCOCCOC. The van der Waals surface area contributed by atoms with E-state index in [1.165, 1.54) is 0 Å². The van der Waals surface area contributed by atoms with Crippen LogP contribution in [-0.2, 0) is 56.8 Å². The molecule has 0 heterocycles. The largest absolute Gasteiger partial charge is 0.490 e. The summed E-state index contributed by atoms with van der Waals surface area (Å²) in [6.45, 7) is 8.04. The third-order valence-electron chi connectivity index (χ3n) is 9.72. The molecule has 3 rings (SSSR count). The van der Waals surface area contributed by atoms with Crippen molar-refractivity contribution in [3.8, 4) is 82.9 Å². The highest BCUT2D eigenvalue weighted by Gasteiger charge is 2.16. The lowest BCUT2D eigenvalue weighted by Crippen LogP contribution is -2.12. The van der Waals surface area contributed by atoms with E-state index in [4.69, 9.17) is 98.1 Å². The van der Waals surface area contributed by atoms with Crippen LogP contribution in [0.5, 0.6) is 34.5 Å². The van der Waals surface area contributed by atoms with Crippen LogP contribution in [0.3, 0.4) is 0 Å². The Morgan fingerprint density at radius 1 is 0.243 bits per heavy atom. The van der Waals surface area contributed by atoms with Crippen molar-refractivity contribution in [2.45, 2.75) is 0 Å². The fourth-order valence-corrected chi connectivity index (χ4v) is 6.01. The number of benzene rings is 3. The smallest absolute Gasteiger partial charge is 0.136 e. The van der Waals surface area contributed by atoms with E-state index in [9.17, 15) is 0 Å². The predicted octanol–water partition coefficient (Wildman–Crippen LogP) is 4.70. The lowest BCUT2D eigenvalue weighted by molar-refractivity contribution is 0.0537. The van der Waals surface area contributed by atoms with Gasteiger partial charge in [-0.3, -0.25) is 0 Å². The van der Waals surface area contributed by atoms with Gasteiger partial charge < -0.3 is 85.3 Å². The quantitative estimate of drug-likeness (QED) is 0.0566. The fraction of sp³-hybridized carbons (Fsp3) is 0.536. The molecule has 0 bridgehead atoms. The van der Waals surface area contributed by atoms with Crippen molar-refractivity contribution in [3.05, 3.63) is 69.8 Å². The topological polar surface area (TPSA) is 166 Å². The average molecular weight is 1040 g/mol. The van der Waals surface area contributed by atoms with Crippen LogP contribution in [0.4, 0.5) is 0 Å². The Kier molecular flexibility index (Phi) is 35.1. The second kappa shape index (κ2) is 41.6. The average Bonchev–Trinajstić information content (AvgIpc) is 3.41. The van der Waals surface area contributed by atoms with Gasteiger partial charge in [-0.15, -0.1) is 12.8 Å². The standard InChI is InChI=1S/C56H74O18/c1-9-45-39-53(71-35-29-65-23-17-59-5)47(41-51(45)69-33-27-63-21-15-57-3)11-13-49-43-56(74-38-32-68-26-20-62-8)50(44-55(49)73-37-31-67-25-19-61-7)14-12-48-42-52(70-34-28-64-22-16-58-4)46(10-2)40-54(48)72-36-30-66-24-18-60-6/h1-2,39-44H,15-38H2,3-8H3. The monoisotopic (exact) mass is 1030 g/mol. The van der Waals surface area contributed by atoms with Crippen molar-refractivity contribution < 1.29 is 85.3 Å². The highest BCUT2D eigenvalue weighted by Crippen LogP contribution is 2.33.